The quantitative estimate of drug-likeness (QED) is 0.652. The summed E-state index contributed by atoms with van der Waals surface area (Å²) < 4.78 is 16.4. The summed E-state index contributed by atoms with van der Waals surface area (Å²) >= 11 is 1.68. The molecule has 0 saturated heterocycles. The van der Waals surface area contributed by atoms with E-state index >= 15 is 0 Å². The van der Waals surface area contributed by atoms with Gasteiger partial charge in [0, 0.05) is 22.8 Å². The molecule has 0 N–H and O–H groups in total. The molecule has 1 aliphatic rings. The number of thioether (sulfide) groups is 1. The summed E-state index contributed by atoms with van der Waals surface area (Å²) in [6.07, 6.45) is 4.24. The number of hydrogen-bond acceptors (Lipinski definition) is 4. The highest BCUT2D eigenvalue weighted by atomic mass is 32.2. The maximum Gasteiger partial charge on any atom is 0.130 e. The molecule has 0 unspecified atom stereocenters. The zero-order valence-electron chi connectivity index (χ0n) is 15.7. The molecule has 0 saturated carbocycles. The van der Waals surface area contributed by atoms with E-state index in [1.807, 2.05) is 24.3 Å². The van der Waals surface area contributed by atoms with Crippen LogP contribution in [0.1, 0.15) is 23.6 Å². The summed E-state index contributed by atoms with van der Waals surface area (Å²) in [5, 5.41) is 0. The molecule has 3 rings (SSSR count). The first-order valence-corrected chi connectivity index (χ1v) is 9.48. The van der Waals surface area contributed by atoms with Gasteiger partial charge in [-0.05, 0) is 48.6 Å². The summed E-state index contributed by atoms with van der Waals surface area (Å²) in [5.41, 5.74) is 8.93. The standard InChI is InChI=1S/C22H22O3S/c1-14-10-22(26-5)19(15-6-8-16(23-2)9-7-15)13-20-18(14)11-17(24-3)12-21(20)25-4/h6-9,11-13H,1-5H3. The van der Waals surface area contributed by atoms with Crippen LogP contribution in [0.25, 0.3) is 17.2 Å². The molecule has 0 heterocycles. The molecular formula is C22H22O3S. The third kappa shape index (κ3) is 3.39. The summed E-state index contributed by atoms with van der Waals surface area (Å²) in [5.74, 6) is 2.40. The molecule has 4 heteroatoms. The van der Waals surface area contributed by atoms with Crippen LogP contribution >= 0.6 is 11.8 Å². The van der Waals surface area contributed by atoms with Gasteiger partial charge in [-0.2, -0.15) is 0 Å². The lowest BCUT2D eigenvalue weighted by atomic mass is 9.98. The maximum atomic E-state index is 5.65. The zero-order valence-corrected chi connectivity index (χ0v) is 16.5. The Morgan fingerprint density at radius 1 is 0.885 bits per heavy atom. The minimum atomic E-state index is 0.772. The molecular weight excluding hydrogens is 344 g/mol. The average molecular weight is 366 g/mol. The van der Waals surface area contributed by atoms with E-state index in [0.29, 0.717) is 0 Å². The van der Waals surface area contributed by atoms with Crippen LogP contribution in [0.4, 0.5) is 0 Å². The predicted octanol–water partition coefficient (Wildman–Crippen LogP) is 5.52. The van der Waals surface area contributed by atoms with E-state index in [0.717, 1.165) is 50.0 Å². The lowest BCUT2D eigenvalue weighted by Crippen LogP contribution is -1.95. The van der Waals surface area contributed by atoms with Gasteiger partial charge in [-0.1, -0.05) is 12.1 Å². The molecule has 0 atom stereocenters. The largest absolute Gasteiger partial charge is 0.497 e. The molecule has 0 radical (unpaired) electrons. The summed E-state index contributed by atoms with van der Waals surface area (Å²) in [4.78, 5) is 1.09. The second-order valence-corrected chi connectivity index (χ2v) is 6.68. The number of hydrogen-bond donors (Lipinski definition) is 0. The number of methoxy groups -OCH3 is 3. The summed E-state index contributed by atoms with van der Waals surface area (Å²) in [6.45, 7) is 2.07. The van der Waals surface area contributed by atoms with E-state index in [4.69, 9.17) is 14.2 Å². The van der Waals surface area contributed by atoms with E-state index in [1.54, 1.807) is 33.1 Å². The Morgan fingerprint density at radius 3 is 2.15 bits per heavy atom. The van der Waals surface area contributed by atoms with E-state index in [2.05, 4.69) is 37.1 Å². The van der Waals surface area contributed by atoms with Gasteiger partial charge in [0.15, 0.2) is 0 Å². The van der Waals surface area contributed by atoms with Gasteiger partial charge in [0.25, 0.3) is 0 Å². The Morgan fingerprint density at radius 2 is 1.58 bits per heavy atom. The molecule has 0 aliphatic heterocycles. The van der Waals surface area contributed by atoms with Crippen LogP contribution in [0, 0.1) is 0 Å². The fraction of sp³-hybridized carbons (Fsp3) is 0.227. The van der Waals surface area contributed by atoms with Crippen LogP contribution in [0.5, 0.6) is 17.2 Å². The van der Waals surface area contributed by atoms with Crippen LogP contribution in [-0.4, -0.2) is 27.6 Å². The van der Waals surface area contributed by atoms with Crippen molar-refractivity contribution in [2.75, 3.05) is 27.6 Å². The van der Waals surface area contributed by atoms with E-state index in [9.17, 15) is 0 Å². The average Bonchev–Trinajstić information content (AvgIpc) is 2.83. The molecule has 26 heavy (non-hydrogen) atoms. The molecule has 134 valence electrons. The molecule has 2 aromatic carbocycles. The van der Waals surface area contributed by atoms with Crippen LogP contribution in [0.2, 0.25) is 0 Å². The van der Waals surface area contributed by atoms with E-state index < -0.39 is 0 Å². The summed E-state index contributed by atoms with van der Waals surface area (Å²) in [7, 11) is 5.02. The van der Waals surface area contributed by atoms with Crippen molar-refractivity contribution in [1.29, 1.82) is 0 Å². The number of benzene rings is 2. The Labute approximate surface area is 159 Å². The van der Waals surface area contributed by atoms with Gasteiger partial charge in [0.2, 0.25) is 0 Å². The number of allylic oxidation sites excluding steroid dienone is 1. The van der Waals surface area contributed by atoms with Crippen molar-refractivity contribution in [1.82, 2.24) is 0 Å². The van der Waals surface area contributed by atoms with Crippen molar-refractivity contribution < 1.29 is 14.2 Å². The fourth-order valence-corrected chi connectivity index (χ4v) is 3.66. The third-order valence-electron chi connectivity index (χ3n) is 4.41. The monoisotopic (exact) mass is 366 g/mol. The topological polar surface area (TPSA) is 27.7 Å². The van der Waals surface area contributed by atoms with Crippen molar-refractivity contribution in [2.45, 2.75) is 6.92 Å². The van der Waals surface area contributed by atoms with Gasteiger partial charge >= 0.3 is 0 Å². The van der Waals surface area contributed by atoms with Crippen molar-refractivity contribution in [2.24, 2.45) is 0 Å². The second-order valence-electron chi connectivity index (χ2n) is 5.86. The summed E-state index contributed by atoms with van der Waals surface area (Å²) in [6, 6.07) is 12.0. The Balaban J connectivity index is 2.27. The number of rotatable bonds is 5. The zero-order chi connectivity index (χ0) is 18.7. The lowest BCUT2D eigenvalue weighted by molar-refractivity contribution is 0.393. The lowest BCUT2D eigenvalue weighted by Gasteiger charge is -2.14. The minimum absolute atomic E-state index is 0.772. The Kier molecular flexibility index (Phi) is 5.46. The van der Waals surface area contributed by atoms with Crippen molar-refractivity contribution >= 4 is 29.0 Å². The van der Waals surface area contributed by atoms with Crippen molar-refractivity contribution in [3.05, 3.63) is 63.7 Å². The molecule has 0 fully saturated rings. The first-order valence-electron chi connectivity index (χ1n) is 8.25. The van der Waals surface area contributed by atoms with Gasteiger partial charge in [-0.15, -0.1) is 17.5 Å². The molecule has 0 aromatic heterocycles. The third-order valence-corrected chi connectivity index (χ3v) is 5.14. The highest BCUT2D eigenvalue weighted by Gasteiger charge is 2.18. The van der Waals surface area contributed by atoms with Crippen LogP contribution in [0.3, 0.4) is 0 Å². The fourth-order valence-electron chi connectivity index (χ4n) is 3.01. The Bertz CT molecular complexity index is 917. The molecule has 3 nitrogen and oxygen atoms in total. The van der Waals surface area contributed by atoms with Gasteiger partial charge in [-0.25, -0.2) is 0 Å². The van der Waals surface area contributed by atoms with Crippen LogP contribution in [-0.2, 0) is 0 Å². The van der Waals surface area contributed by atoms with Crippen LogP contribution in [0.15, 0.2) is 47.0 Å². The van der Waals surface area contributed by atoms with Gasteiger partial charge in [0.05, 0.1) is 26.2 Å². The minimum Gasteiger partial charge on any atom is -0.497 e. The second kappa shape index (κ2) is 7.77. The smallest absolute Gasteiger partial charge is 0.130 e. The van der Waals surface area contributed by atoms with Crippen LogP contribution < -0.4 is 14.2 Å². The normalized spacial score (nSPS) is 13.0. The number of fused-ring (bicyclic) bond motifs is 1. The molecule has 0 spiro atoms. The number of ether oxygens (including phenoxy) is 3. The predicted molar refractivity (Wildman–Crippen MR) is 110 cm³/mol. The first-order chi connectivity index (χ1) is 12.6. The Hall–Kier alpha value is -2.55. The first kappa shape index (κ1) is 18.2. The van der Waals surface area contributed by atoms with Crippen molar-refractivity contribution in [3.8, 4) is 17.2 Å². The van der Waals surface area contributed by atoms with Gasteiger partial charge < -0.3 is 14.2 Å². The van der Waals surface area contributed by atoms with E-state index in [1.165, 1.54) is 0 Å². The molecule has 0 bridgehead atoms. The maximum absolute atomic E-state index is 5.65. The molecule has 0 amide bonds. The van der Waals surface area contributed by atoms with Gasteiger partial charge in [-0.3, -0.25) is 0 Å². The highest BCUT2D eigenvalue weighted by Crippen LogP contribution is 2.41. The van der Waals surface area contributed by atoms with Crippen molar-refractivity contribution in [3.63, 3.8) is 0 Å². The highest BCUT2D eigenvalue weighted by molar-refractivity contribution is 8.03. The van der Waals surface area contributed by atoms with E-state index in [-0.39, 0.29) is 0 Å². The molecule has 1 aliphatic carbocycles. The SMILES string of the molecule is COc1ccc(C2=Cc3c(OC)cc(OC)cc3C(C)=C=C2SC)cc1. The molecule has 2 aromatic rings. The van der Waals surface area contributed by atoms with Gasteiger partial charge in [0.1, 0.15) is 17.2 Å².